The fourth-order valence-corrected chi connectivity index (χ4v) is 2.70. The Bertz CT molecular complexity index is 458. The fraction of sp³-hybridized carbons (Fsp3) is 0.462. The van der Waals surface area contributed by atoms with Crippen LogP contribution in [0.1, 0.15) is 31.2 Å². The molecule has 0 saturated carbocycles. The highest BCUT2D eigenvalue weighted by Gasteiger charge is 2.30. The molecule has 4 heteroatoms. The summed E-state index contributed by atoms with van der Waals surface area (Å²) in [5, 5.41) is 11.6. The minimum atomic E-state index is -0.274. The predicted octanol–water partition coefficient (Wildman–Crippen LogP) is 2.78. The zero-order valence-corrected chi connectivity index (χ0v) is 9.67. The quantitative estimate of drug-likeness (QED) is 0.723. The number of nitrogens with one attached hydrogen (secondary N) is 2. The molecule has 0 aromatic heterocycles. The Morgan fingerprint density at radius 1 is 1.29 bits per heavy atom. The molecule has 1 atom stereocenters. The van der Waals surface area contributed by atoms with Crippen molar-refractivity contribution in [3.63, 3.8) is 0 Å². The summed E-state index contributed by atoms with van der Waals surface area (Å²) >= 11 is 0. The monoisotopic (exact) mass is 233 g/mol. The highest BCUT2D eigenvalue weighted by atomic mass is 19.1. The van der Waals surface area contributed by atoms with E-state index in [0.717, 1.165) is 25.1 Å². The third-order valence-electron chi connectivity index (χ3n) is 3.60. The van der Waals surface area contributed by atoms with Gasteiger partial charge in [0.15, 0.2) is 0 Å². The van der Waals surface area contributed by atoms with Gasteiger partial charge in [0, 0.05) is 17.8 Å². The molecule has 1 aromatic carbocycles. The summed E-state index contributed by atoms with van der Waals surface area (Å²) in [6.07, 6.45) is 4.79. The summed E-state index contributed by atoms with van der Waals surface area (Å²) in [6.45, 7) is 0.895. The van der Waals surface area contributed by atoms with Gasteiger partial charge in [-0.1, -0.05) is 6.42 Å². The van der Waals surface area contributed by atoms with Crippen molar-refractivity contribution in [1.82, 2.24) is 4.90 Å². The number of nitrogens with zero attached hydrogens (tertiary/aromatic N) is 1. The van der Waals surface area contributed by atoms with Crippen LogP contribution in [0.25, 0.3) is 0 Å². The molecule has 90 valence electrons. The topological polar surface area (TPSA) is 39.1 Å². The SMILES string of the molecule is N=C1c2cc(F)ccc2NC2CCCCCN12. The second-order valence-electron chi connectivity index (χ2n) is 4.74. The molecule has 17 heavy (non-hydrogen) atoms. The lowest BCUT2D eigenvalue weighted by atomic mass is 10.1. The van der Waals surface area contributed by atoms with Gasteiger partial charge in [-0.05, 0) is 37.5 Å². The maximum absolute atomic E-state index is 13.2. The van der Waals surface area contributed by atoms with Crippen LogP contribution in [0.4, 0.5) is 10.1 Å². The first-order chi connectivity index (χ1) is 8.25. The van der Waals surface area contributed by atoms with Gasteiger partial charge in [0.05, 0.1) is 0 Å². The Kier molecular flexibility index (Phi) is 2.50. The largest absolute Gasteiger partial charge is 0.365 e. The highest BCUT2D eigenvalue weighted by molar-refractivity contribution is 6.03. The lowest BCUT2D eigenvalue weighted by Crippen LogP contribution is -2.48. The van der Waals surface area contributed by atoms with Crippen molar-refractivity contribution in [2.75, 3.05) is 11.9 Å². The van der Waals surface area contributed by atoms with E-state index in [-0.39, 0.29) is 12.0 Å². The van der Waals surface area contributed by atoms with Crippen molar-refractivity contribution in [2.24, 2.45) is 0 Å². The zero-order valence-electron chi connectivity index (χ0n) is 9.67. The summed E-state index contributed by atoms with van der Waals surface area (Å²) in [4.78, 5) is 2.06. The number of halogens is 1. The summed E-state index contributed by atoms with van der Waals surface area (Å²) in [7, 11) is 0. The number of anilines is 1. The Labute approximate surface area is 100 Å². The van der Waals surface area contributed by atoms with Gasteiger partial charge in [-0.15, -0.1) is 0 Å². The van der Waals surface area contributed by atoms with Gasteiger partial charge in [0.25, 0.3) is 0 Å². The van der Waals surface area contributed by atoms with Crippen LogP contribution in [0.15, 0.2) is 18.2 Å². The van der Waals surface area contributed by atoms with Crippen molar-refractivity contribution in [2.45, 2.75) is 31.8 Å². The first-order valence-corrected chi connectivity index (χ1v) is 6.17. The molecule has 0 radical (unpaired) electrons. The van der Waals surface area contributed by atoms with Gasteiger partial charge in [0.1, 0.15) is 17.8 Å². The number of amidine groups is 1. The Morgan fingerprint density at radius 3 is 3.06 bits per heavy atom. The summed E-state index contributed by atoms with van der Waals surface area (Å²) in [5.41, 5.74) is 1.57. The van der Waals surface area contributed by atoms with E-state index in [1.807, 2.05) is 0 Å². The van der Waals surface area contributed by atoms with Gasteiger partial charge >= 0.3 is 0 Å². The molecule has 0 bridgehead atoms. The molecule has 2 aliphatic heterocycles. The van der Waals surface area contributed by atoms with Crippen LogP contribution in [-0.2, 0) is 0 Å². The maximum Gasteiger partial charge on any atom is 0.131 e. The van der Waals surface area contributed by atoms with Crippen molar-refractivity contribution >= 4 is 11.5 Å². The van der Waals surface area contributed by atoms with Crippen LogP contribution in [-0.4, -0.2) is 23.4 Å². The second kappa shape index (κ2) is 4.02. The smallest absolute Gasteiger partial charge is 0.131 e. The maximum atomic E-state index is 13.2. The van der Waals surface area contributed by atoms with Crippen molar-refractivity contribution < 1.29 is 4.39 Å². The van der Waals surface area contributed by atoms with E-state index in [9.17, 15) is 4.39 Å². The van der Waals surface area contributed by atoms with Gasteiger partial charge in [-0.2, -0.15) is 0 Å². The molecule has 1 saturated heterocycles. The van der Waals surface area contributed by atoms with E-state index in [0.29, 0.717) is 11.4 Å². The van der Waals surface area contributed by atoms with Crippen molar-refractivity contribution in [3.8, 4) is 0 Å². The minimum Gasteiger partial charge on any atom is -0.365 e. The predicted molar refractivity (Wildman–Crippen MR) is 65.8 cm³/mol. The number of fused-ring (bicyclic) bond motifs is 2. The van der Waals surface area contributed by atoms with Crippen molar-refractivity contribution in [1.29, 1.82) is 5.41 Å². The average molecular weight is 233 g/mol. The van der Waals surface area contributed by atoms with Gasteiger partial charge in [0.2, 0.25) is 0 Å². The summed E-state index contributed by atoms with van der Waals surface area (Å²) in [6, 6.07) is 4.64. The normalized spacial score (nSPS) is 23.5. The lowest BCUT2D eigenvalue weighted by Gasteiger charge is -2.38. The molecule has 2 N–H and O–H groups in total. The molecule has 3 nitrogen and oxygen atoms in total. The Morgan fingerprint density at radius 2 is 2.18 bits per heavy atom. The first kappa shape index (κ1) is 10.6. The van der Waals surface area contributed by atoms with E-state index in [2.05, 4.69) is 10.2 Å². The molecule has 2 heterocycles. The number of benzene rings is 1. The molecule has 0 aliphatic carbocycles. The van der Waals surface area contributed by atoms with Crippen LogP contribution in [0, 0.1) is 11.2 Å². The number of rotatable bonds is 0. The average Bonchev–Trinajstić information content (AvgIpc) is 2.56. The summed E-state index contributed by atoms with van der Waals surface area (Å²) in [5.74, 6) is 0.189. The first-order valence-electron chi connectivity index (χ1n) is 6.17. The highest BCUT2D eigenvalue weighted by Crippen LogP contribution is 2.29. The minimum absolute atomic E-state index is 0.211. The van der Waals surface area contributed by atoms with Crippen molar-refractivity contribution in [3.05, 3.63) is 29.6 Å². The van der Waals surface area contributed by atoms with Crippen LogP contribution in [0.5, 0.6) is 0 Å². The molecule has 2 aliphatic rings. The summed E-state index contributed by atoms with van der Waals surface area (Å²) < 4.78 is 13.2. The zero-order chi connectivity index (χ0) is 11.8. The Hall–Kier alpha value is -1.58. The van der Waals surface area contributed by atoms with Crippen LogP contribution in [0.3, 0.4) is 0 Å². The van der Waals surface area contributed by atoms with E-state index in [1.165, 1.54) is 25.0 Å². The third-order valence-corrected chi connectivity index (χ3v) is 3.60. The molecule has 1 fully saturated rings. The Balaban J connectivity index is 2.00. The number of hydrogen-bond donors (Lipinski definition) is 2. The number of hydrogen-bond acceptors (Lipinski definition) is 2. The molecule has 0 amide bonds. The van der Waals surface area contributed by atoms with Gasteiger partial charge < -0.3 is 10.2 Å². The molecule has 1 aromatic rings. The molecule has 1 unspecified atom stereocenters. The van der Waals surface area contributed by atoms with E-state index in [1.54, 1.807) is 6.07 Å². The molecule has 3 rings (SSSR count). The van der Waals surface area contributed by atoms with E-state index < -0.39 is 0 Å². The van der Waals surface area contributed by atoms with Crippen LogP contribution >= 0.6 is 0 Å². The molecule has 0 spiro atoms. The van der Waals surface area contributed by atoms with Gasteiger partial charge in [-0.25, -0.2) is 4.39 Å². The molecular weight excluding hydrogens is 217 g/mol. The van der Waals surface area contributed by atoms with Crippen LogP contribution in [0.2, 0.25) is 0 Å². The van der Waals surface area contributed by atoms with E-state index in [4.69, 9.17) is 5.41 Å². The van der Waals surface area contributed by atoms with Gasteiger partial charge in [-0.3, -0.25) is 5.41 Å². The lowest BCUT2D eigenvalue weighted by molar-refractivity contribution is 0.337. The van der Waals surface area contributed by atoms with E-state index >= 15 is 0 Å². The standard InChI is InChI=1S/C13H16FN3/c14-9-5-6-11-10(8-9)13(15)17-7-3-1-2-4-12(17)16-11/h5-6,8,12,15-16H,1-4,7H2. The second-order valence-corrected chi connectivity index (χ2v) is 4.74. The molecular formula is C13H16FN3. The van der Waals surface area contributed by atoms with Crippen LogP contribution < -0.4 is 5.32 Å². The third kappa shape index (κ3) is 1.77. The fourth-order valence-electron chi connectivity index (χ4n) is 2.70.